The molecule has 0 saturated carbocycles. The van der Waals surface area contributed by atoms with E-state index in [2.05, 4.69) is 33.9 Å². The summed E-state index contributed by atoms with van der Waals surface area (Å²) >= 11 is 7.52. The highest BCUT2D eigenvalue weighted by Gasteiger charge is 2.17. The normalized spacial score (nSPS) is 12.6. The summed E-state index contributed by atoms with van der Waals surface area (Å²) in [6.45, 7) is 3.83. The van der Waals surface area contributed by atoms with Crippen LogP contribution in [0, 0.1) is 5.92 Å². The Hall–Kier alpha value is -0.520. The molecule has 0 aromatic heterocycles. The first-order chi connectivity index (χ1) is 7.95. The Bertz CT molecular complexity index is 409. The quantitative estimate of drug-likeness (QED) is 0.747. The average Bonchev–Trinajstić information content (AvgIpc) is 2.28. The number of carbonyl (C=O) groups excluding carboxylic acids is 1. The van der Waals surface area contributed by atoms with E-state index in [0.29, 0.717) is 10.0 Å². The Balaban J connectivity index is 2.86. The SMILES string of the molecule is CC(C)C(CO)NC(=O)c1cc(S)ccc1Br. The van der Waals surface area contributed by atoms with Gasteiger partial charge in [-0.05, 0) is 40.0 Å². The van der Waals surface area contributed by atoms with Gasteiger partial charge in [-0.3, -0.25) is 4.79 Å². The highest BCUT2D eigenvalue weighted by molar-refractivity contribution is 9.10. The van der Waals surface area contributed by atoms with Crippen molar-refractivity contribution in [3.05, 3.63) is 28.2 Å². The molecule has 2 N–H and O–H groups in total. The van der Waals surface area contributed by atoms with Gasteiger partial charge >= 0.3 is 0 Å². The van der Waals surface area contributed by atoms with Gasteiger partial charge in [0.05, 0.1) is 18.2 Å². The van der Waals surface area contributed by atoms with E-state index in [0.717, 1.165) is 4.90 Å². The fraction of sp³-hybridized carbons (Fsp3) is 0.417. The number of nitrogens with one attached hydrogen (secondary N) is 1. The third kappa shape index (κ3) is 4.01. The van der Waals surface area contributed by atoms with Crippen LogP contribution in [0.4, 0.5) is 0 Å². The number of hydrogen-bond donors (Lipinski definition) is 3. The number of halogens is 1. The van der Waals surface area contributed by atoms with E-state index in [9.17, 15) is 9.90 Å². The molecule has 0 bridgehead atoms. The van der Waals surface area contributed by atoms with Crippen molar-refractivity contribution in [2.75, 3.05) is 6.61 Å². The molecular formula is C12H16BrNO2S. The van der Waals surface area contributed by atoms with Crippen molar-refractivity contribution < 1.29 is 9.90 Å². The van der Waals surface area contributed by atoms with Crippen LogP contribution in [0.25, 0.3) is 0 Å². The summed E-state index contributed by atoms with van der Waals surface area (Å²) in [6.07, 6.45) is 0. The van der Waals surface area contributed by atoms with Crippen LogP contribution in [0.2, 0.25) is 0 Å². The summed E-state index contributed by atoms with van der Waals surface area (Å²) in [7, 11) is 0. The summed E-state index contributed by atoms with van der Waals surface area (Å²) in [4.78, 5) is 12.7. The minimum Gasteiger partial charge on any atom is -0.394 e. The first kappa shape index (κ1) is 14.5. The summed E-state index contributed by atoms with van der Waals surface area (Å²) in [5.74, 6) is -0.0255. The molecule has 0 radical (unpaired) electrons. The third-order valence-corrected chi connectivity index (χ3v) is 3.48. The van der Waals surface area contributed by atoms with Crippen molar-refractivity contribution in [2.45, 2.75) is 24.8 Å². The van der Waals surface area contributed by atoms with Crippen LogP contribution in [-0.2, 0) is 0 Å². The van der Waals surface area contributed by atoms with Gasteiger partial charge in [0.2, 0.25) is 0 Å². The number of carbonyl (C=O) groups is 1. The zero-order valence-corrected chi connectivity index (χ0v) is 12.3. The maximum Gasteiger partial charge on any atom is 0.252 e. The molecule has 0 fully saturated rings. The largest absolute Gasteiger partial charge is 0.394 e. The number of benzene rings is 1. The zero-order valence-electron chi connectivity index (χ0n) is 9.77. The zero-order chi connectivity index (χ0) is 13.0. The molecule has 1 amide bonds. The molecule has 1 aromatic rings. The highest BCUT2D eigenvalue weighted by Crippen LogP contribution is 2.20. The van der Waals surface area contributed by atoms with Crippen molar-refractivity contribution in [3.8, 4) is 0 Å². The predicted molar refractivity (Wildman–Crippen MR) is 74.6 cm³/mol. The topological polar surface area (TPSA) is 49.3 Å². The maximum absolute atomic E-state index is 12.0. The molecule has 3 nitrogen and oxygen atoms in total. The van der Waals surface area contributed by atoms with Crippen molar-refractivity contribution in [2.24, 2.45) is 5.92 Å². The molecule has 17 heavy (non-hydrogen) atoms. The lowest BCUT2D eigenvalue weighted by Crippen LogP contribution is -2.41. The summed E-state index contributed by atoms with van der Waals surface area (Å²) in [6, 6.07) is 5.03. The second-order valence-corrected chi connectivity index (χ2v) is 5.54. The number of amides is 1. The average molecular weight is 318 g/mol. The number of rotatable bonds is 4. The van der Waals surface area contributed by atoms with E-state index in [1.807, 2.05) is 13.8 Å². The molecule has 5 heteroatoms. The van der Waals surface area contributed by atoms with Gasteiger partial charge in [0, 0.05) is 9.37 Å². The van der Waals surface area contributed by atoms with Crippen LogP contribution in [0.3, 0.4) is 0 Å². The van der Waals surface area contributed by atoms with Crippen LogP contribution in [-0.4, -0.2) is 23.7 Å². The summed E-state index contributed by atoms with van der Waals surface area (Å²) in [5, 5.41) is 12.0. The number of aliphatic hydroxyl groups is 1. The smallest absolute Gasteiger partial charge is 0.252 e. The van der Waals surface area contributed by atoms with Crippen LogP contribution in [0.15, 0.2) is 27.6 Å². The molecule has 0 saturated heterocycles. The Kier molecular flexibility index (Phi) is 5.49. The highest BCUT2D eigenvalue weighted by atomic mass is 79.9. The van der Waals surface area contributed by atoms with E-state index in [4.69, 9.17) is 0 Å². The second kappa shape index (κ2) is 6.42. The van der Waals surface area contributed by atoms with Gasteiger partial charge in [-0.1, -0.05) is 13.8 Å². The maximum atomic E-state index is 12.0. The van der Waals surface area contributed by atoms with Gasteiger partial charge in [0.15, 0.2) is 0 Å². The Morgan fingerprint density at radius 1 is 1.53 bits per heavy atom. The summed E-state index contributed by atoms with van der Waals surface area (Å²) in [5.41, 5.74) is 0.525. The van der Waals surface area contributed by atoms with Gasteiger partial charge in [0.25, 0.3) is 5.91 Å². The minimum atomic E-state index is -0.238. The van der Waals surface area contributed by atoms with Crippen molar-refractivity contribution in [3.63, 3.8) is 0 Å². The molecule has 0 heterocycles. The van der Waals surface area contributed by atoms with Crippen LogP contribution < -0.4 is 5.32 Å². The van der Waals surface area contributed by atoms with E-state index in [1.54, 1.807) is 18.2 Å². The molecule has 0 spiro atoms. The molecule has 1 unspecified atom stereocenters. The minimum absolute atomic E-state index is 0.0679. The third-order valence-electron chi connectivity index (χ3n) is 2.51. The lowest BCUT2D eigenvalue weighted by Gasteiger charge is -2.20. The van der Waals surface area contributed by atoms with Gasteiger partial charge in [0.1, 0.15) is 0 Å². The van der Waals surface area contributed by atoms with E-state index < -0.39 is 0 Å². The molecule has 1 atom stereocenters. The first-order valence-electron chi connectivity index (χ1n) is 5.36. The van der Waals surface area contributed by atoms with Crippen molar-refractivity contribution >= 4 is 34.5 Å². The number of thiol groups is 1. The molecule has 0 aliphatic rings. The van der Waals surface area contributed by atoms with Gasteiger partial charge < -0.3 is 10.4 Å². The first-order valence-corrected chi connectivity index (χ1v) is 6.60. The predicted octanol–water partition coefficient (Wildman–Crippen LogP) is 2.48. The molecule has 0 aliphatic heterocycles. The summed E-state index contributed by atoms with van der Waals surface area (Å²) < 4.78 is 0.716. The Labute approximate surface area is 115 Å². The van der Waals surface area contributed by atoms with Gasteiger partial charge in [-0.2, -0.15) is 0 Å². The fourth-order valence-corrected chi connectivity index (χ4v) is 1.99. The lowest BCUT2D eigenvalue weighted by atomic mass is 10.0. The Morgan fingerprint density at radius 2 is 2.18 bits per heavy atom. The monoisotopic (exact) mass is 317 g/mol. The molecule has 1 rings (SSSR count). The van der Waals surface area contributed by atoms with E-state index in [-0.39, 0.29) is 24.5 Å². The van der Waals surface area contributed by atoms with E-state index >= 15 is 0 Å². The molecule has 94 valence electrons. The lowest BCUT2D eigenvalue weighted by molar-refractivity contribution is 0.0896. The molecular weight excluding hydrogens is 302 g/mol. The van der Waals surface area contributed by atoms with Crippen molar-refractivity contribution in [1.29, 1.82) is 0 Å². The van der Waals surface area contributed by atoms with Crippen LogP contribution in [0.5, 0.6) is 0 Å². The standard InChI is InChI=1S/C12H16BrNO2S/c1-7(2)11(6-15)14-12(16)9-5-8(17)3-4-10(9)13/h3-5,7,11,15,17H,6H2,1-2H3,(H,14,16). The van der Waals surface area contributed by atoms with Gasteiger partial charge in [-0.15, -0.1) is 12.6 Å². The number of hydrogen-bond acceptors (Lipinski definition) is 3. The fourth-order valence-electron chi connectivity index (χ4n) is 1.36. The van der Waals surface area contributed by atoms with Crippen LogP contribution >= 0.6 is 28.6 Å². The van der Waals surface area contributed by atoms with Gasteiger partial charge in [-0.25, -0.2) is 0 Å². The van der Waals surface area contributed by atoms with Crippen LogP contribution in [0.1, 0.15) is 24.2 Å². The molecule has 1 aromatic carbocycles. The number of aliphatic hydroxyl groups excluding tert-OH is 1. The van der Waals surface area contributed by atoms with E-state index in [1.165, 1.54) is 0 Å². The Morgan fingerprint density at radius 3 is 2.71 bits per heavy atom. The molecule has 0 aliphatic carbocycles. The van der Waals surface area contributed by atoms with Crippen molar-refractivity contribution in [1.82, 2.24) is 5.32 Å². The second-order valence-electron chi connectivity index (χ2n) is 4.17.